The second-order valence-corrected chi connectivity index (χ2v) is 5.76. The van der Waals surface area contributed by atoms with Crippen LogP contribution in [0.25, 0.3) is 0 Å². The van der Waals surface area contributed by atoms with E-state index in [-0.39, 0.29) is 0 Å². The van der Waals surface area contributed by atoms with E-state index in [1.54, 1.807) is 0 Å². The molecule has 0 aromatic heterocycles. The van der Waals surface area contributed by atoms with E-state index in [1.807, 2.05) is 19.2 Å². The first-order chi connectivity index (χ1) is 10.3. The summed E-state index contributed by atoms with van der Waals surface area (Å²) in [4.78, 5) is 0. The van der Waals surface area contributed by atoms with Crippen molar-refractivity contribution in [2.45, 2.75) is 18.4 Å². The summed E-state index contributed by atoms with van der Waals surface area (Å²) in [6, 6.07) is 15.1. The maximum Gasteiger partial charge on any atom is 0.127 e. The van der Waals surface area contributed by atoms with Crippen molar-refractivity contribution < 1.29 is 9.47 Å². The molecule has 21 heavy (non-hydrogen) atoms. The van der Waals surface area contributed by atoms with E-state index in [0.29, 0.717) is 18.6 Å². The van der Waals surface area contributed by atoms with Crippen LogP contribution >= 0.6 is 0 Å². The van der Waals surface area contributed by atoms with Gasteiger partial charge in [-0.15, -0.1) is 0 Å². The molecule has 0 radical (unpaired) electrons. The van der Waals surface area contributed by atoms with E-state index in [9.17, 15) is 0 Å². The zero-order chi connectivity index (χ0) is 14.2. The Kier molecular flexibility index (Phi) is 3.08. The molecule has 1 aliphatic carbocycles. The molecule has 0 bridgehead atoms. The average Bonchev–Trinajstić information content (AvgIpc) is 2.90. The summed E-state index contributed by atoms with van der Waals surface area (Å²) in [6.45, 7) is 1.44. The van der Waals surface area contributed by atoms with Crippen molar-refractivity contribution in [3.63, 3.8) is 0 Å². The molecule has 108 valence electrons. The molecule has 3 heteroatoms. The maximum absolute atomic E-state index is 5.96. The van der Waals surface area contributed by atoms with Gasteiger partial charge in [0.2, 0.25) is 0 Å². The summed E-state index contributed by atoms with van der Waals surface area (Å²) in [5.74, 6) is 2.37. The van der Waals surface area contributed by atoms with Crippen molar-refractivity contribution in [1.29, 1.82) is 0 Å². The highest BCUT2D eigenvalue weighted by atomic mass is 16.5. The lowest BCUT2D eigenvalue weighted by molar-refractivity contribution is 0.272. The van der Waals surface area contributed by atoms with Gasteiger partial charge < -0.3 is 14.8 Å². The molecule has 4 rings (SSSR count). The van der Waals surface area contributed by atoms with E-state index in [4.69, 9.17) is 9.47 Å². The molecule has 2 aliphatic rings. The molecule has 2 unspecified atom stereocenters. The number of rotatable bonds is 4. The minimum absolute atomic E-state index is 0.299. The topological polar surface area (TPSA) is 30.5 Å². The van der Waals surface area contributed by atoms with Crippen LogP contribution in [0.2, 0.25) is 0 Å². The van der Waals surface area contributed by atoms with E-state index in [2.05, 4.69) is 35.6 Å². The second kappa shape index (κ2) is 5.08. The molecule has 3 nitrogen and oxygen atoms in total. The average molecular weight is 281 g/mol. The van der Waals surface area contributed by atoms with Crippen molar-refractivity contribution in [3.8, 4) is 11.5 Å². The molecule has 0 saturated heterocycles. The number of likely N-dealkylation sites (N-methyl/N-ethyl adjacent to an activating group) is 1. The van der Waals surface area contributed by atoms with Crippen LogP contribution in [0.5, 0.6) is 11.5 Å². The predicted molar refractivity (Wildman–Crippen MR) is 82.1 cm³/mol. The summed E-state index contributed by atoms with van der Waals surface area (Å²) < 4.78 is 11.7. The lowest BCUT2D eigenvalue weighted by Crippen LogP contribution is -2.23. The van der Waals surface area contributed by atoms with Gasteiger partial charge >= 0.3 is 0 Å². The first-order valence-electron chi connectivity index (χ1n) is 7.50. The van der Waals surface area contributed by atoms with Gasteiger partial charge in [0.15, 0.2) is 0 Å². The van der Waals surface area contributed by atoms with Gasteiger partial charge in [0.25, 0.3) is 0 Å². The molecule has 1 aliphatic heterocycles. The lowest BCUT2D eigenvalue weighted by Gasteiger charge is -2.29. The van der Waals surface area contributed by atoms with E-state index >= 15 is 0 Å². The van der Waals surface area contributed by atoms with E-state index in [1.165, 1.54) is 16.7 Å². The Morgan fingerprint density at radius 3 is 2.95 bits per heavy atom. The minimum atomic E-state index is 0.299. The summed E-state index contributed by atoms with van der Waals surface area (Å²) in [5.41, 5.74) is 4.12. The van der Waals surface area contributed by atoms with Crippen LogP contribution in [0.3, 0.4) is 0 Å². The fraction of sp³-hybridized carbons (Fsp3) is 0.333. The first-order valence-corrected chi connectivity index (χ1v) is 7.50. The quantitative estimate of drug-likeness (QED) is 0.934. The van der Waals surface area contributed by atoms with Gasteiger partial charge in [-0.1, -0.05) is 24.3 Å². The monoisotopic (exact) mass is 281 g/mol. The second-order valence-electron chi connectivity index (χ2n) is 5.76. The van der Waals surface area contributed by atoms with Gasteiger partial charge in [-0.2, -0.15) is 0 Å². The molecule has 1 heterocycles. The molecule has 2 aromatic carbocycles. The molecule has 0 spiro atoms. The van der Waals surface area contributed by atoms with Crippen molar-refractivity contribution in [2.24, 2.45) is 0 Å². The number of fused-ring (bicyclic) bond motifs is 2. The van der Waals surface area contributed by atoms with Gasteiger partial charge in [-0.3, -0.25) is 0 Å². The molecule has 2 aromatic rings. The third-order valence-corrected chi connectivity index (χ3v) is 4.53. The largest absolute Gasteiger partial charge is 0.493 e. The third kappa shape index (κ3) is 2.18. The van der Waals surface area contributed by atoms with Crippen LogP contribution in [-0.2, 0) is 6.42 Å². The number of ether oxygens (including phenoxy) is 2. The Hall–Kier alpha value is -2.00. The van der Waals surface area contributed by atoms with Crippen molar-refractivity contribution >= 4 is 0 Å². The summed E-state index contributed by atoms with van der Waals surface area (Å²) in [7, 11) is 1.96. The summed E-state index contributed by atoms with van der Waals surface area (Å²) in [6.07, 6.45) is 1.12. The number of benzene rings is 2. The van der Waals surface area contributed by atoms with Crippen molar-refractivity contribution in [3.05, 3.63) is 59.2 Å². The Morgan fingerprint density at radius 1 is 1.19 bits per heavy atom. The standard InChI is InChI=1S/C18H19NO2/c1-19-17-11-21-18-9-14(6-7-16(17)18)20-10-13-8-12-4-2-3-5-15(12)13/h2-7,9,13,17,19H,8,10-11H2,1H3. The SMILES string of the molecule is CNC1COc2cc(OCC3Cc4ccccc43)ccc21. The molecular weight excluding hydrogens is 262 g/mol. The molecular formula is C18H19NO2. The maximum atomic E-state index is 5.96. The minimum Gasteiger partial charge on any atom is -0.493 e. The third-order valence-electron chi connectivity index (χ3n) is 4.53. The summed E-state index contributed by atoms with van der Waals surface area (Å²) in [5, 5.41) is 3.25. The zero-order valence-corrected chi connectivity index (χ0v) is 12.1. The Morgan fingerprint density at radius 2 is 2.10 bits per heavy atom. The van der Waals surface area contributed by atoms with Gasteiger partial charge in [0.05, 0.1) is 12.6 Å². The van der Waals surface area contributed by atoms with Crippen molar-refractivity contribution in [1.82, 2.24) is 5.32 Å². The fourth-order valence-electron chi connectivity index (χ4n) is 3.23. The van der Waals surface area contributed by atoms with Crippen molar-refractivity contribution in [2.75, 3.05) is 20.3 Å². The highest BCUT2D eigenvalue weighted by Crippen LogP contribution is 2.37. The normalized spacial score (nSPS) is 22.0. The van der Waals surface area contributed by atoms with Crippen LogP contribution < -0.4 is 14.8 Å². The predicted octanol–water partition coefficient (Wildman–Crippen LogP) is 3.06. The zero-order valence-electron chi connectivity index (χ0n) is 12.1. The van der Waals surface area contributed by atoms with Gasteiger partial charge in [-0.05, 0) is 36.7 Å². The highest BCUT2D eigenvalue weighted by Gasteiger charge is 2.26. The Labute approximate surface area is 124 Å². The Balaban J connectivity index is 1.43. The van der Waals surface area contributed by atoms with E-state index in [0.717, 1.165) is 24.5 Å². The number of nitrogens with one attached hydrogen (secondary N) is 1. The van der Waals surface area contributed by atoms with Crippen LogP contribution in [0.15, 0.2) is 42.5 Å². The number of hydrogen-bond donors (Lipinski definition) is 1. The molecule has 1 N–H and O–H groups in total. The van der Waals surface area contributed by atoms with Crippen LogP contribution in [0, 0.1) is 0 Å². The molecule has 2 atom stereocenters. The van der Waals surface area contributed by atoms with Crippen LogP contribution in [0.1, 0.15) is 28.7 Å². The number of hydrogen-bond acceptors (Lipinski definition) is 3. The van der Waals surface area contributed by atoms with Gasteiger partial charge in [0, 0.05) is 17.5 Å². The first kappa shape index (κ1) is 12.7. The smallest absolute Gasteiger partial charge is 0.127 e. The van der Waals surface area contributed by atoms with Gasteiger partial charge in [-0.25, -0.2) is 0 Å². The molecule has 0 fully saturated rings. The summed E-state index contributed by atoms with van der Waals surface area (Å²) >= 11 is 0. The van der Waals surface area contributed by atoms with Crippen LogP contribution in [0.4, 0.5) is 0 Å². The van der Waals surface area contributed by atoms with Crippen LogP contribution in [-0.4, -0.2) is 20.3 Å². The van der Waals surface area contributed by atoms with Gasteiger partial charge in [0.1, 0.15) is 18.1 Å². The highest BCUT2D eigenvalue weighted by molar-refractivity contribution is 5.45. The molecule has 0 amide bonds. The lowest BCUT2D eigenvalue weighted by atomic mass is 9.78. The fourth-order valence-corrected chi connectivity index (χ4v) is 3.23. The molecule has 0 saturated carbocycles. The Bertz CT molecular complexity index is 668. The van der Waals surface area contributed by atoms with E-state index < -0.39 is 0 Å².